The first-order valence-electron chi connectivity index (χ1n) is 6.13. The summed E-state index contributed by atoms with van der Waals surface area (Å²) in [5, 5.41) is 5.51. The highest BCUT2D eigenvalue weighted by Gasteiger charge is 2.33. The van der Waals surface area contributed by atoms with Gasteiger partial charge in [0.05, 0.1) is 28.8 Å². The molecule has 21 heavy (non-hydrogen) atoms. The highest BCUT2D eigenvalue weighted by molar-refractivity contribution is 5.63. The van der Waals surface area contributed by atoms with Gasteiger partial charge in [0.25, 0.3) is 0 Å². The van der Waals surface area contributed by atoms with Crippen LogP contribution in [-0.4, -0.2) is 4.98 Å². The highest BCUT2D eigenvalue weighted by Crippen LogP contribution is 2.35. The fraction of sp³-hybridized carbons (Fsp3) is 0.214. The minimum Gasteiger partial charge on any atom is -0.354 e. The molecule has 2 rings (SSSR count). The molecule has 1 unspecified atom stereocenters. The molecule has 2 aromatic rings. The van der Waals surface area contributed by atoms with Crippen LogP contribution in [0.2, 0.25) is 0 Å². The summed E-state index contributed by atoms with van der Waals surface area (Å²) < 4.78 is 38.6. The van der Waals surface area contributed by atoms with Gasteiger partial charge in [-0.25, -0.2) is 0 Å². The second kappa shape index (κ2) is 5.90. The highest BCUT2D eigenvalue weighted by atomic mass is 19.4. The lowest BCUT2D eigenvalue weighted by molar-refractivity contribution is -0.136. The van der Waals surface area contributed by atoms with Crippen molar-refractivity contribution in [2.75, 3.05) is 5.32 Å². The molecule has 0 spiro atoms. The molecule has 0 aliphatic carbocycles. The van der Waals surface area contributed by atoms with E-state index < -0.39 is 17.8 Å². The number of para-hydroxylation sites is 1. The number of nitroso groups, excluding NO2 is 1. The Kier molecular flexibility index (Phi) is 4.21. The van der Waals surface area contributed by atoms with Crippen molar-refractivity contribution in [2.45, 2.75) is 19.1 Å². The Morgan fingerprint density at radius 1 is 1.19 bits per heavy atom. The molecule has 0 radical (unpaired) electrons. The van der Waals surface area contributed by atoms with Crippen LogP contribution in [0, 0.1) is 4.91 Å². The third-order valence-corrected chi connectivity index (χ3v) is 2.88. The summed E-state index contributed by atoms with van der Waals surface area (Å²) in [5.41, 5.74) is 0.0475. The van der Waals surface area contributed by atoms with Gasteiger partial charge in [-0.1, -0.05) is 17.3 Å². The van der Waals surface area contributed by atoms with E-state index in [1.807, 2.05) is 0 Å². The molecule has 1 N–H and O–H groups in total. The summed E-state index contributed by atoms with van der Waals surface area (Å²) in [7, 11) is 0. The molecule has 1 aromatic heterocycles. The van der Waals surface area contributed by atoms with Gasteiger partial charge in [0, 0.05) is 0 Å². The summed E-state index contributed by atoms with van der Waals surface area (Å²) in [6.07, 6.45) is -3.07. The third kappa shape index (κ3) is 3.56. The molecule has 0 amide bonds. The molecule has 7 heteroatoms. The van der Waals surface area contributed by atoms with Gasteiger partial charge >= 0.3 is 6.18 Å². The van der Waals surface area contributed by atoms with Crippen LogP contribution in [0.3, 0.4) is 0 Å². The Morgan fingerprint density at radius 2 is 1.90 bits per heavy atom. The number of rotatable bonds is 4. The van der Waals surface area contributed by atoms with Crippen LogP contribution in [-0.2, 0) is 6.18 Å². The lowest BCUT2D eigenvalue weighted by atomic mass is 10.1. The standard InChI is InChI=1S/C14H12F3N3O/c1-9(20-21)12-7-6-10(8-18-12)19-13-5-3-2-4-11(13)14(15,16)17/h2-9,19H,1H3. The van der Waals surface area contributed by atoms with Gasteiger partial charge in [-0.15, -0.1) is 0 Å². The maximum Gasteiger partial charge on any atom is 0.418 e. The number of pyridine rings is 1. The zero-order valence-electron chi connectivity index (χ0n) is 11.1. The Hall–Kier alpha value is -2.44. The van der Waals surface area contributed by atoms with E-state index in [1.165, 1.54) is 24.4 Å². The van der Waals surface area contributed by atoms with Gasteiger partial charge < -0.3 is 5.32 Å². The van der Waals surface area contributed by atoms with E-state index in [1.54, 1.807) is 19.1 Å². The molecule has 1 atom stereocenters. The SMILES string of the molecule is CC(N=O)c1ccc(Nc2ccccc2C(F)(F)F)cn1. The number of hydrogen-bond donors (Lipinski definition) is 1. The maximum absolute atomic E-state index is 12.9. The lowest BCUT2D eigenvalue weighted by Crippen LogP contribution is -2.08. The van der Waals surface area contributed by atoms with Crippen LogP contribution in [0.25, 0.3) is 0 Å². The summed E-state index contributed by atoms with van der Waals surface area (Å²) in [6, 6.07) is 7.68. The van der Waals surface area contributed by atoms with Crippen molar-refractivity contribution in [1.29, 1.82) is 0 Å². The number of nitrogens with one attached hydrogen (secondary N) is 1. The topological polar surface area (TPSA) is 54.4 Å². The first-order valence-corrected chi connectivity index (χ1v) is 6.13. The molecule has 1 aromatic carbocycles. The van der Waals surface area contributed by atoms with Crippen LogP contribution in [0.5, 0.6) is 0 Å². The van der Waals surface area contributed by atoms with Crippen molar-refractivity contribution in [3.63, 3.8) is 0 Å². The minimum atomic E-state index is -4.44. The number of nitrogens with zero attached hydrogens (tertiary/aromatic N) is 2. The summed E-state index contributed by atoms with van der Waals surface area (Å²) in [6.45, 7) is 1.58. The van der Waals surface area contributed by atoms with Gasteiger partial charge in [-0.05, 0) is 31.2 Å². The van der Waals surface area contributed by atoms with Crippen LogP contribution in [0.15, 0.2) is 47.8 Å². The summed E-state index contributed by atoms with van der Waals surface area (Å²) in [5.74, 6) is 0. The molecular weight excluding hydrogens is 283 g/mol. The minimum absolute atomic E-state index is 0.0545. The zero-order valence-corrected chi connectivity index (χ0v) is 11.1. The third-order valence-electron chi connectivity index (χ3n) is 2.88. The predicted molar refractivity (Wildman–Crippen MR) is 73.2 cm³/mol. The van der Waals surface area contributed by atoms with E-state index >= 15 is 0 Å². The number of anilines is 2. The monoisotopic (exact) mass is 295 g/mol. The molecule has 0 fully saturated rings. The average molecular weight is 295 g/mol. The molecule has 0 aliphatic heterocycles. The van der Waals surface area contributed by atoms with Crippen molar-refractivity contribution in [3.8, 4) is 0 Å². The molecule has 1 heterocycles. The van der Waals surface area contributed by atoms with Gasteiger partial charge in [-0.2, -0.15) is 18.1 Å². The van der Waals surface area contributed by atoms with Gasteiger partial charge in [0.2, 0.25) is 0 Å². The van der Waals surface area contributed by atoms with Gasteiger partial charge in [-0.3, -0.25) is 4.98 Å². The molecular formula is C14H12F3N3O. The number of halogens is 3. The van der Waals surface area contributed by atoms with Crippen molar-refractivity contribution in [3.05, 3.63) is 58.8 Å². The Balaban J connectivity index is 2.25. The van der Waals surface area contributed by atoms with Crippen LogP contribution in [0.1, 0.15) is 24.2 Å². The second-order valence-corrected chi connectivity index (χ2v) is 4.42. The Bertz CT molecular complexity index is 626. The van der Waals surface area contributed by atoms with Crippen LogP contribution in [0.4, 0.5) is 24.5 Å². The normalized spacial score (nSPS) is 12.8. The molecule has 0 bridgehead atoms. The zero-order chi connectivity index (χ0) is 15.5. The van der Waals surface area contributed by atoms with Crippen LogP contribution >= 0.6 is 0 Å². The van der Waals surface area contributed by atoms with E-state index in [0.29, 0.717) is 11.4 Å². The molecule has 0 aliphatic rings. The first-order chi connectivity index (χ1) is 9.91. The van der Waals surface area contributed by atoms with E-state index in [4.69, 9.17) is 0 Å². The quantitative estimate of drug-likeness (QED) is 0.834. The maximum atomic E-state index is 12.9. The number of alkyl halides is 3. The van der Waals surface area contributed by atoms with E-state index in [0.717, 1.165) is 6.07 Å². The molecule has 110 valence electrons. The Labute approximate surface area is 119 Å². The molecule has 0 saturated carbocycles. The fourth-order valence-electron chi connectivity index (χ4n) is 1.78. The van der Waals surface area contributed by atoms with Crippen molar-refractivity contribution in [1.82, 2.24) is 4.98 Å². The summed E-state index contributed by atoms with van der Waals surface area (Å²) >= 11 is 0. The van der Waals surface area contributed by atoms with Crippen LogP contribution < -0.4 is 5.32 Å². The first kappa shape index (κ1) is 15.0. The van der Waals surface area contributed by atoms with E-state index in [-0.39, 0.29) is 5.69 Å². The number of aromatic nitrogens is 1. The Morgan fingerprint density at radius 3 is 2.48 bits per heavy atom. The van der Waals surface area contributed by atoms with E-state index in [2.05, 4.69) is 15.5 Å². The van der Waals surface area contributed by atoms with Gasteiger partial charge in [0.15, 0.2) is 0 Å². The van der Waals surface area contributed by atoms with Gasteiger partial charge in [0.1, 0.15) is 6.04 Å². The molecule has 4 nitrogen and oxygen atoms in total. The smallest absolute Gasteiger partial charge is 0.354 e. The average Bonchev–Trinajstić information content (AvgIpc) is 2.47. The molecule has 0 saturated heterocycles. The number of hydrogen-bond acceptors (Lipinski definition) is 4. The predicted octanol–water partition coefficient (Wildman–Crippen LogP) is 4.67. The lowest BCUT2D eigenvalue weighted by Gasteiger charge is -2.14. The van der Waals surface area contributed by atoms with Crippen molar-refractivity contribution >= 4 is 11.4 Å². The van der Waals surface area contributed by atoms with Crippen molar-refractivity contribution < 1.29 is 13.2 Å². The number of benzene rings is 1. The van der Waals surface area contributed by atoms with Crippen molar-refractivity contribution in [2.24, 2.45) is 5.18 Å². The van der Waals surface area contributed by atoms with E-state index in [9.17, 15) is 18.1 Å². The fourth-order valence-corrected chi connectivity index (χ4v) is 1.78. The largest absolute Gasteiger partial charge is 0.418 e. The second-order valence-electron chi connectivity index (χ2n) is 4.42. The summed E-state index contributed by atoms with van der Waals surface area (Å²) in [4.78, 5) is 14.4.